The van der Waals surface area contributed by atoms with E-state index < -0.39 is 17.7 Å². The Labute approximate surface area is 191 Å². The van der Waals surface area contributed by atoms with Crippen molar-refractivity contribution in [3.8, 4) is 5.75 Å². The average Bonchev–Trinajstić information content (AvgIpc) is 3.29. The first-order chi connectivity index (χ1) is 16.0. The molecule has 0 aromatic heterocycles. The number of hydrogen-bond acceptors (Lipinski definition) is 4. The number of halogens is 2. The number of amides is 1. The van der Waals surface area contributed by atoms with Crippen LogP contribution in [0.25, 0.3) is 0 Å². The summed E-state index contributed by atoms with van der Waals surface area (Å²) in [5.74, 6) is -0.844. The van der Waals surface area contributed by atoms with Crippen LogP contribution in [0.5, 0.6) is 5.75 Å². The van der Waals surface area contributed by atoms with Crippen LogP contribution in [0.15, 0.2) is 78.0 Å². The predicted molar refractivity (Wildman–Crippen MR) is 121 cm³/mol. The molecule has 0 bridgehead atoms. The molecule has 170 valence electrons. The lowest BCUT2D eigenvalue weighted by Crippen LogP contribution is -2.38. The summed E-state index contributed by atoms with van der Waals surface area (Å²) in [6.45, 7) is 0.215. The zero-order valence-electron chi connectivity index (χ0n) is 18.2. The van der Waals surface area contributed by atoms with E-state index >= 15 is 0 Å². The number of rotatable bonds is 8. The van der Waals surface area contributed by atoms with Crippen LogP contribution < -0.4 is 4.74 Å². The molecule has 0 aliphatic carbocycles. The number of nitrogens with zero attached hydrogens (tertiary/aromatic N) is 2. The maximum absolute atomic E-state index is 14.3. The Bertz CT molecular complexity index is 1150. The molecule has 33 heavy (non-hydrogen) atoms. The molecule has 1 aliphatic rings. The molecule has 1 aliphatic heterocycles. The fourth-order valence-electron chi connectivity index (χ4n) is 3.81. The Kier molecular flexibility index (Phi) is 6.98. The van der Waals surface area contributed by atoms with E-state index in [2.05, 4.69) is 5.16 Å². The lowest BCUT2D eigenvalue weighted by atomic mass is 10.0. The molecule has 0 radical (unpaired) electrons. The summed E-state index contributed by atoms with van der Waals surface area (Å²) >= 11 is 0. The molecule has 3 aromatic carbocycles. The van der Waals surface area contributed by atoms with Gasteiger partial charge in [-0.3, -0.25) is 4.79 Å². The molecule has 1 amide bonds. The van der Waals surface area contributed by atoms with Gasteiger partial charge >= 0.3 is 0 Å². The van der Waals surface area contributed by atoms with Gasteiger partial charge in [0.1, 0.15) is 17.4 Å². The highest BCUT2D eigenvalue weighted by Crippen LogP contribution is 2.25. The maximum Gasteiger partial charge on any atom is 0.227 e. The molecule has 5 nitrogen and oxygen atoms in total. The molecule has 1 heterocycles. The number of ether oxygens (including phenoxy) is 1. The third kappa shape index (κ3) is 5.55. The van der Waals surface area contributed by atoms with E-state index in [0.717, 1.165) is 22.9 Å². The summed E-state index contributed by atoms with van der Waals surface area (Å²) in [7, 11) is 1.59. The van der Waals surface area contributed by atoms with Crippen LogP contribution in [0, 0.1) is 11.6 Å². The molecule has 3 aromatic rings. The molecule has 7 heteroatoms. The van der Waals surface area contributed by atoms with Gasteiger partial charge in [0, 0.05) is 30.2 Å². The fraction of sp³-hybridized carbons (Fsp3) is 0.231. The first kappa shape index (κ1) is 22.5. The van der Waals surface area contributed by atoms with E-state index in [9.17, 15) is 13.6 Å². The van der Waals surface area contributed by atoms with E-state index in [4.69, 9.17) is 9.57 Å². The first-order valence-corrected chi connectivity index (χ1v) is 10.6. The number of para-hydroxylation sites is 1. The zero-order chi connectivity index (χ0) is 23.2. The largest absolute Gasteiger partial charge is 0.496 e. The number of oxime groups is 1. The SMILES string of the molecule is COc1ccccc1C1=NOC(CN(Cc2ccc(F)cc2F)C(=O)Cc2ccccc2)C1. The summed E-state index contributed by atoms with van der Waals surface area (Å²) in [5.41, 5.74) is 2.64. The maximum atomic E-state index is 14.3. The Morgan fingerprint density at radius 1 is 1.09 bits per heavy atom. The van der Waals surface area contributed by atoms with E-state index in [-0.39, 0.29) is 31.0 Å². The topological polar surface area (TPSA) is 51.1 Å². The van der Waals surface area contributed by atoms with E-state index in [0.29, 0.717) is 12.2 Å². The van der Waals surface area contributed by atoms with Crippen LogP contribution in [-0.4, -0.2) is 36.3 Å². The molecule has 1 atom stereocenters. The highest BCUT2D eigenvalue weighted by molar-refractivity contribution is 6.03. The highest BCUT2D eigenvalue weighted by atomic mass is 19.1. The highest BCUT2D eigenvalue weighted by Gasteiger charge is 2.28. The Morgan fingerprint density at radius 3 is 2.61 bits per heavy atom. The van der Waals surface area contributed by atoms with Crippen molar-refractivity contribution in [1.29, 1.82) is 0 Å². The molecule has 0 saturated carbocycles. The molecule has 0 fully saturated rings. The molecule has 0 saturated heterocycles. The number of methoxy groups -OCH3 is 1. The zero-order valence-corrected chi connectivity index (χ0v) is 18.2. The monoisotopic (exact) mass is 450 g/mol. The van der Waals surface area contributed by atoms with Gasteiger partial charge in [-0.25, -0.2) is 8.78 Å². The third-order valence-electron chi connectivity index (χ3n) is 5.50. The standard InChI is InChI=1S/C26H24F2N2O3/c1-32-25-10-6-5-9-22(25)24-15-21(33-29-24)17-30(16-19-11-12-20(27)14-23(19)28)26(31)13-18-7-3-2-4-8-18/h2-12,14,21H,13,15-17H2,1H3. The molecule has 0 spiro atoms. The van der Waals surface area contributed by atoms with Crippen molar-refractivity contribution < 1.29 is 23.1 Å². The van der Waals surface area contributed by atoms with Crippen LogP contribution in [0.2, 0.25) is 0 Å². The Balaban J connectivity index is 1.50. The van der Waals surface area contributed by atoms with Gasteiger partial charge in [-0.15, -0.1) is 0 Å². The van der Waals surface area contributed by atoms with Gasteiger partial charge < -0.3 is 14.5 Å². The third-order valence-corrected chi connectivity index (χ3v) is 5.50. The normalized spacial score (nSPS) is 15.0. The second kappa shape index (κ2) is 10.3. The Morgan fingerprint density at radius 2 is 1.85 bits per heavy atom. The minimum atomic E-state index is -0.689. The van der Waals surface area contributed by atoms with Crippen molar-refractivity contribution in [2.45, 2.75) is 25.5 Å². The first-order valence-electron chi connectivity index (χ1n) is 10.6. The van der Waals surface area contributed by atoms with Crippen molar-refractivity contribution in [2.75, 3.05) is 13.7 Å². The summed E-state index contributed by atoms with van der Waals surface area (Å²) in [6.07, 6.45) is 0.242. The van der Waals surface area contributed by atoms with Gasteiger partial charge in [-0.05, 0) is 23.8 Å². The summed E-state index contributed by atoms with van der Waals surface area (Å²) in [4.78, 5) is 20.3. The van der Waals surface area contributed by atoms with Gasteiger partial charge in [-0.1, -0.05) is 53.7 Å². The Hall–Kier alpha value is -3.74. The van der Waals surface area contributed by atoms with Gasteiger partial charge in [0.05, 0.1) is 25.8 Å². The van der Waals surface area contributed by atoms with Crippen LogP contribution in [0.1, 0.15) is 23.1 Å². The molecular weight excluding hydrogens is 426 g/mol. The lowest BCUT2D eigenvalue weighted by molar-refractivity contribution is -0.133. The van der Waals surface area contributed by atoms with Crippen LogP contribution in [-0.2, 0) is 22.6 Å². The lowest BCUT2D eigenvalue weighted by Gasteiger charge is -2.25. The minimum absolute atomic E-state index is 0.00162. The number of hydrogen-bond donors (Lipinski definition) is 0. The van der Waals surface area contributed by atoms with Crippen molar-refractivity contribution in [3.05, 3.63) is 101 Å². The second-order valence-corrected chi connectivity index (χ2v) is 7.84. The quantitative estimate of drug-likeness (QED) is 0.498. The van der Waals surface area contributed by atoms with E-state index in [1.807, 2.05) is 54.6 Å². The van der Waals surface area contributed by atoms with Gasteiger partial charge in [0.15, 0.2) is 6.10 Å². The van der Waals surface area contributed by atoms with E-state index in [1.54, 1.807) is 7.11 Å². The van der Waals surface area contributed by atoms with Crippen molar-refractivity contribution in [2.24, 2.45) is 5.16 Å². The molecule has 1 unspecified atom stereocenters. The molecular formula is C26H24F2N2O3. The summed E-state index contributed by atoms with van der Waals surface area (Å²) in [6, 6.07) is 20.2. The van der Waals surface area contributed by atoms with Gasteiger partial charge in [-0.2, -0.15) is 0 Å². The van der Waals surface area contributed by atoms with Crippen molar-refractivity contribution in [1.82, 2.24) is 4.90 Å². The molecule has 0 N–H and O–H groups in total. The average molecular weight is 450 g/mol. The van der Waals surface area contributed by atoms with Crippen LogP contribution in [0.3, 0.4) is 0 Å². The number of carbonyl (C=O) groups is 1. The smallest absolute Gasteiger partial charge is 0.227 e. The predicted octanol–water partition coefficient (Wildman–Crippen LogP) is 4.74. The molecule has 4 rings (SSSR count). The van der Waals surface area contributed by atoms with E-state index in [1.165, 1.54) is 17.0 Å². The summed E-state index contributed by atoms with van der Waals surface area (Å²) in [5, 5.41) is 4.20. The fourth-order valence-corrected chi connectivity index (χ4v) is 3.81. The van der Waals surface area contributed by atoms with Crippen LogP contribution in [0.4, 0.5) is 8.78 Å². The van der Waals surface area contributed by atoms with Gasteiger partial charge in [0.2, 0.25) is 5.91 Å². The van der Waals surface area contributed by atoms with Gasteiger partial charge in [0.25, 0.3) is 0 Å². The number of benzene rings is 3. The summed E-state index contributed by atoms with van der Waals surface area (Å²) < 4.78 is 33.1. The van der Waals surface area contributed by atoms with Crippen molar-refractivity contribution in [3.63, 3.8) is 0 Å². The van der Waals surface area contributed by atoms with Crippen molar-refractivity contribution >= 4 is 11.6 Å². The number of carbonyl (C=O) groups excluding carboxylic acids is 1. The minimum Gasteiger partial charge on any atom is -0.496 e. The second-order valence-electron chi connectivity index (χ2n) is 7.84. The van der Waals surface area contributed by atoms with Crippen LogP contribution >= 0.6 is 0 Å².